The summed E-state index contributed by atoms with van der Waals surface area (Å²) in [5.41, 5.74) is 5.85. The molecular formula is C11H13ClN2O2. The fraction of sp³-hybridized carbons (Fsp3) is 0.273. The number of hydrogen-bond acceptors (Lipinski definition) is 2. The number of nitrogens with two attached hydrogens (primary N) is 1. The summed E-state index contributed by atoms with van der Waals surface area (Å²) in [6.07, 6.45) is 0.192. The molecule has 0 spiro atoms. The third-order valence-corrected chi connectivity index (χ3v) is 2.21. The normalized spacial score (nSPS) is 9.81. The lowest BCUT2D eigenvalue weighted by Crippen LogP contribution is -2.24. The maximum absolute atomic E-state index is 11.3. The largest absolute Gasteiger partial charge is 0.370 e. The van der Waals surface area contributed by atoms with E-state index in [-0.39, 0.29) is 18.7 Å². The van der Waals surface area contributed by atoms with E-state index >= 15 is 0 Å². The highest BCUT2D eigenvalue weighted by atomic mass is 35.5. The Hall–Kier alpha value is -1.55. The molecule has 0 saturated carbocycles. The first-order valence-corrected chi connectivity index (χ1v) is 5.25. The van der Waals surface area contributed by atoms with Crippen molar-refractivity contribution in [2.24, 2.45) is 5.73 Å². The number of carbonyl (C=O) groups excluding carboxylic acids is 2. The van der Waals surface area contributed by atoms with Crippen LogP contribution >= 0.6 is 11.6 Å². The molecule has 0 aliphatic carbocycles. The van der Waals surface area contributed by atoms with E-state index in [0.29, 0.717) is 11.6 Å². The molecule has 16 heavy (non-hydrogen) atoms. The summed E-state index contributed by atoms with van der Waals surface area (Å²) >= 11 is 5.79. The summed E-state index contributed by atoms with van der Waals surface area (Å²) in [5, 5.41) is 3.30. The molecule has 1 aromatic carbocycles. The summed E-state index contributed by atoms with van der Waals surface area (Å²) in [5.74, 6) is -0.670. The molecule has 0 fully saturated rings. The molecule has 3 N–H and O–H groups in total. The molecule has 0 radical (unpaired) electrons. The maximum Gasteiger partial charge on any atom is 0.220 e. The van der Waals surface area contributed by atoms with E-state index in [2.05, 4.69) is 5.32 Å². The molecule has 0 saturated heterocycles. The van der Waals surface area contributed by atoms with Gasteiger partial charge in [0.15, 0.2) is 0 Å². The van der Waals surface area contributed by atoms with Crippen molar-refractivity contribution in [2.45, 2.75) is 19.4 Å². The minimum atomic E-state index is -0.474. The first kappa shape index (κ1) is 12.5. The number of hydrogen-bond donors (Lipinski definition) is 2. The van der Waals surface area contributed by atoms with Crippen molar-refractivity contribution in [3.8, 4) is 0 Å². The van der Waals surface area contributed by atoms with Crippen LogP contribution in [0.5, 0.6) is 0 Å². The van der Waals surface area contributed by atoms with Crippen LogP contribution in [0.15, 0.2) is 24.3 Å². The molecule has 0 heterocycles. The third-order valence-electron chi connectivity index (χ3n) is 1.98. The fourth-order valence-corrected chi connectivity index (χ4v) is 1.39. The van der Waals surface area contributed by atoms with Crippen LogP contribution in [0.4, 0.5) is 0 Å². The molecule has 0 aromatic heterocycles. The number of amides is 2. The average Bonchev–Trinajstić information content (AvgIpc) is 2.23. The standard InChI is InChI=1S/C11H13ClN2O2/c12-9-3-1-2-8(6-9)7-14-11(16)5-4-10(13)15/h1-3,6H,4-5,7H2,(H2,13,15)(H,14,16). The summed E-state index contributed by atoms with van der Waals surface area (Å²) < 4.78 is 0. The number of halogens is 1. The molecule has 0 bridgehead atoms. The Bertz CT molecular complexity index is 393. The zero-order valence-electron chi connectivity index (χ0n) is 8.70. The molecule has 0 aliphatic rings. The van der Waals surface area contributed by atoms with Crippen molar-refractivity contribution in [2.75, 3.05) is 0 Å². The molecule has 1 aromatic rings. The van der Waals surface area contributed by atoms with Gasteiger partial charge in [0.25, 0.3) is 0 Å². The Kier molecular flexibility index (Phi) is 4.79. The minimum absolute atomic E-state index is 0.0708. The second-order valence-electron chi connectivity index (χ2n) is 3.37. The zero-order chi connectivity index (χ0) is 12.0. The Balaban J connectivity index is 2.34. The van der Waals surface area contributed by atoms with Crippen LogP contribution in [-0.2, 0) is 16.1 Å². The van der Waals surface area contributed by atoms with Crippen molar-refractivity contribution in [1.29, 1.82) is 0 Å². The van der Waals surface area contributed by atoms with E-state index in [1.807, 2.05) is 12.1 Å². The highest BCUT2D eigenvalue weighted by molar-refractivity contribution is 6.30. The summed E-state index contributed by atoms with van der Waals surface area (Å²) in [6.45, 7) is 0.401. The minimum Gasteiger partial charge on any atom is -0.370 e. The van der Waals surface area contributed by atoms with Gasteiger partial charge in [0.2, 0.25) is 11.8 Å². The van der Waals surface area contributed by atoms with Gasteiger partial charge in [-0.2, -0.15) is 0 Å². The van der Waals surface area contributed by atoms with Crippen LogP contribution in [0.25, 0.3) is 0 Å². The molecule has 0 atom stereocenters. The van der Waals surface area contributed by atoms with Gasteiger partial charge in [-0.3, -0.25) is 9.59 Å². The topological polar surface area (TPSA) is 72.2 Å². The zero-order valence-corrected chi connectivity index (χ0v) is 9.46. The van der Waals surface area contributed by atoms with Crippen LogP contribution in [0.1, 0.15) is 18.4 Å². The van der Waals surface area contributed by atoms with Crippen molar-refractivity contribution < 1.29 is 9.59 Å². The quantitative estimate of drug-likeness (QED) is 0.812. The smallest absolute Gasteiger partial charge is 0.220 e. The molecule has 86 valence electrons. The second-order valence-corrected chi connectivity index (χ2v) is 3.81. The molecule has 5 heteroatoms. The van der Waals surface area contributed by atoms with Crippen LogP contribution < -0.4 is 11.1 Å². The lowest BCUT2D eigenvalue weighted by molar-refractivity contribution is -0.125. The van der Waals surface area contributed by atoms with Crippen molar-refractivity contribution >= 4 is 23.4 Å². The van der Waals surface area contributed by atoms with Gasteiger partial charge in [0.1, 0.15) is 0 Å². The van der Waals surface area contributed by atoms with E-state index in [1.54, 1.807) is 12.1 Å². The van der Waals surface area contributed by atoms with E-state index < -0.39 is 5.91 Å². The Labute approximate surface area is 98.8 Å². The maximum atomic E-state index is 11.3. The second kappa shape index (κ2) is 6.12. The van der Waals surface area contributed by atoms with Crippen LogP contribution in [0, 0.1) is 0 Å². The van der Waals surface area contributed by atoms with Crippen molar-refractivity contribution in [1.82, 2.24) is 5.32 Å². The Morgan fingerprint density at radius 3 is 2.69 bits per heavy atom. The van der Waals surface area contributed by atoms with E-state index in [0.717, 1.165) is 5.56 Å². The van der Waals surface area contributed by atoms with Gasteiger partial charge >= 0.3 is 0 Å². The van der Waals surface area contributed by atoms with Crippen LogP contribution in [0.2, 0.25) is 5.02 Å². The lowest BCUT2D eigenvalue weighted by Gasteiger charge is -2.04. The van der Waals surface area contributed by atoms with Gasteiger partial charge in [-0.15, -0.1) is 0 Å². The van der Waals surface area contributed by atoms with Crippen molar-refractivity contribution in [3.63, 3.8) is 0 Å². The highest BCUT2D eigenvalue weighted by Crippen LogP contribution is 2.10. The number of benzene rings is 1. The van der Waals surface area contributed by atoms with E-state index in [9.17, 15) is 9.59 Å². The molecule has 4 nitrogen and oxygen atoms in total. The number of nitrogens with one attached hydrogen (secondary N) is 1. The third kappa shape index (κ3) is 4.79. The fourth-order valence-electron chi connectivity index (χ4n) is 1.17. The first-order valence-electron chi connectivity index (χ1n) is 4.87. The van der Waals surface area contributed by atoms with Gasteiger partial charge in [0.05, 0.1) is 0 Å². The predicted octanol–water partition coefficient (Wildman–Crippen LogP) is 1.22. The molecule has 0 aliphatic heterocycles. The monoisotopic (exact) mass is 240 g/mol. The van der Waals surface area contributed by atoms with Crippen LogP contribution in [0.3, 0.4) is 0 Å². The van der Waals surface area contributed by atoms with Gasteiger partial charge in [-0.05, 0) is 17.7 Å². The SMILES string of the molecule is NC(=O)CCC(=O)NCc1cccc(Cl)c1. The Morgan fingerprint density at radius 1 is 1.31 bits per heavy atom. The van der Waals surface area contributed by atoms with Gasteiger partial charge in [-0.25, -0.2) is 0 Å². The number of carbonyl (C=O) groups is 2. The summed E-state index contributed by atoms with van der Waals surface area (Å²) in [4.78, 5) is 21.7. The highest BCUT2D eigenvalue weighted by Gasteiger charge is 2.03. The van der Waals surface area contributed by atoms with E-state index in [1.165, 1.54) is 0 Å². The van der Waals surface area contributed by atoms with E-state index in [4.69, 9.17) is 17.3 Å². The summed E-state index contributed by atoms with van der Waals surface area (Å²) in [6, 6.07) is 7.21. The van der Waals surface area contributed by atoms with Crippen molar-refractivity contribution in [3.05, 3.63) is 34.9 Å². The average molecular weight is 241 g/mol. The number of primary amides is 1. The number of rotatable bonds is 5. The summed E-state index contributed by atoms with van der Waals surface area (Å²) in [7, 11) is 0. The predicted molar refractivity (Wildman–Crippen MR) is 61.7 cm³/mol. The molecule has 1 rings (SSSR count). The van der Waals surface area contributed by atoms with Gasteiger partial charge in [-0.1, -0.05) is 23.7 Å². The van der Waals surface area contributed by atoms with Crippen LogP contribution in [-0.4, -0.2) is 11.8 Å². The van der Waals surface area contributed by atoms with Gasteiger partial charge in [0, 0.05) is 24.4 Å². The molecular weight excluding hydrogens is 228 g/mol. The molecule has 2 amide bonds. The first-order chi connectivity index (χ1) is 7.58. The molecule has 0 unspecified atom stereocenters. The van der Waals surface area contributed by atoms with Gasteiger partial charge < -0.3 is 11.1 Å². The Morgan fingerprint density at radius 2 is 2.06 bits per heavy atom. The lowest BCUT2D eigenvalue weighted by atomic mass is 10.2.